The van der Waals surface area contributed by atoms with Crippen LogP contribution in [-0.2, 0) is 11.8 Å². The van der Waals surface area contributed by atoms with Gasteiger partial charge in [-0.2, -0.15) is 5.10 Å². The van der Waals surface area contributed by atoms with Crippen LogP contribution in [0.15, 0.2) is 48.9 Å². The first-order chi connectivity index (χ1) is 11.6. The Morgan fingerprint density at radius 1 is 1.33 bits per heavy atom. The highest BCUT2D eigenvalue weighted by atomic mass is 19.1. The van der Waals surface area contributed by atoms with Gasteiger partial charge in [0, 0.05) is 25.0 Å². The maximum Gasteiger partial charge on any atom is 0.340 e. The number of hydrogen-bond acceptors (Lipinski definition) is 5. The highest BCUT2D eigenvalue weighted by Crippen LogP contribution is 2.30. The molecule has 0 saturated heterocycles. The first-order valence-electron chi connectivity index (χ1n) is 7.17. The Bertz CT molecular complexity index is 892. The van der Waals surface area contributed by atoms with E-state index in [4.69, 9.17) is 4.74 Å². The molecule has 7 heteroatoms. The van der Waals surface area contributed by atoms with Crippen LogP contribution in [0.3, 0.4) is 0 Å². The molecule has 6 nitrogen and oxygen atoms in total. The molecule has 0 radical (unpaired) electrons. The largest absolute Gasteiger partial charge is 0.465 e. The van der Waals surface area contributed by atoms with Crippen LogP contribution in [0.25, 0.3) is 11.1 Å². The van der Waals surface area contributed by atoms with Crippen molar-refractivity contribution in [2.75, 3.05) is 12.4 Å². The summed E-state index contributed by atoms with van der Waals surface area (Å²) in [6, 6.07) is 7.77. The zero-order valence-corrected chi connectivity index (χ0v) is 13.2. The van der Waals surface area contributed by atoms with E-state index in [0.29, 0.717) is 28.2 Å². The first kappa shape index (κ1) is 15.7. The van der Waals surface area contributed by atoms with E-state index >= 15 is 0 Å². The fourth-order valence-corrected chi connectivity index (χ4v) is 2.36. The lowest BCUT2D eigenvalue weighted by Crippen LogP contribution is -2.06. The van der Waals surface area contributed by atoms with Gasteiger partial charge < -0.3 is 10.1 Å². The number of nitrogens with one attached hydrogen (secondary N) is 1. The molecule has 2 aromatic heterocycles. The number of carbonyl (C=O) groups is 1. The van der Waals surface area contributed by atoms with Crippen LogP contribution in [0.2, 0.25) is 0 Å². The second kappa shape index (κ2) is 6.49. The summed E-state index contributed by atoms with van der Waals surface area (Å²) < 4.78 is 19.9. The minimum atomic E-state index is -0.483. The maximum absolute atomic E-state index is 13.5. The smallest absolute Gasteiger partial charge is 0.340 e. The fraction of sp³-hybridized carbons (Fsp3) is 0.118. The van der Waals surface area contributed by atoms with Gasteiger partial charge >= 0.3 is 5.97 Å². The van der Waals surface area contributed by atoms with Crippen molar-refractivity contribution in [2.24, 2.45) is 7.05 Å². The normalized spacial score (nSPS) is 10.5. The molecular weight excluding hydrogens is 311 g/mol. The van der Waals surface area contributed by atoms with Crippen molar-refractivity contribution in [1.82, 2.24) is 14.8 Å². The minimum Gasteiger partial charge on any atom is -0.465 e. The number of aryl methyl sites for hydroxylation is 1. The Labute approximate surface area is 137 Å². The Hall–Kier alpha value is -3.22. The molecule has 24 heavy (non-hydrogen) atoms. The minimum absolute atomic E-state index is 0.334. The van der Waals surface area contributed by atoms with Crippen molar-refractivity contribution in [3.63, 3.8) is 0 Å². The molecule has 3 rings (SSSR count). The number of benzene rings is 1. The number of pyridine rings is 1. The van der Waals surface area contributed by atoms with Crippen LogP contribution in [0, 0.1) is 5.82 Å². The lowest BCUT2D eigenvalue weighted by atomic mass is 10.1. The summed E-state index contributed by atoms with van der Waals surface area (Å²) in [7, 11) is 3.07. The van der Waals surface area contributed by atoms with E-state index < -0.39 is 5.97 Å². The zero-order valence-electron chi connectivity index (χ0n) is 13.2. The summed E-state index contributed by atoms with van der Waals surface area (Å²) in [5.74, 6) is -0.330. The molecule has 0 bridgehead atoms. The lowest BCUT2D eigenvalue weighted by molar-refractivity contribution is 0.0602. The van der Waals surface area contributed by atoms with Crippen molar-refractivity contribution in [1.29, 1.82) is 0 Å². The van der Waals surface area contributed by atoms with E-state index in [1.54, 1.807) is 36.1 Å². The molecule has 1 aromatic carbocycles. The average Bonchev–Trinajstić information content (AvgIpc) is 2.95. The van der Waals surface area contributed by atoms with Gasteiger partial charge in [-0.3, -0.25) is 9.67 Å². The molecule has 3 aromatic rings. The van der Waals surface area contributed by atoms with Gasteiger partial charge in [-0.1, -0.05) is 12.1 Å². The van der Waals surface area contributed by atoms with Crippen LogP contribution in [0.4, 0.5) is 15.9 Å². The Kier molecular flexibility index (Phi) is 4.24. The highest BCUT2D eigenvalue weighted by Gasteiger charge is 2.16. The Balaban J connectivity index is 2.02. The van der Waals surface area contributed by atoms with Gasteiger partial charge in [-0.15, -0.1) is 0 Å². The molecular formula is C17H15FN4O2. The highest BCUT2D eigenvalue weighted by molar-refractivity contribution is 5.96. The molecule has 0 spiro atoms. The van der Waals surface area contributed by atoms with Gasteiger partial charge in [-0.25, -0.2) is 9.18 Å². The molecule has 0 aliphatic rings. The Morgan fingerprint density at radius 2 is 2.17 bits per heavy atom. The van der Waals surface area contributed by atoms with E-state index in [1.165, 1.54) is 31.6 Å². The summed E-state index contributed by atoms with van der Waals surface area (Å²) in [5.41, 5.74) is 2.18. The molecule has 122 valence electrons. The van der Waals surface area contributed by atoms with Crippen molar-refractivity contribution < 1.29 is 13.9 Å². The van der Waals surface area contributed by atoms with Gasteiger partial charge in [0.25, 0.3) is 0 Å². The molecule has 1 N–H and O–H groups in total. The van der Waals surface area contributed by atoms with E-state index in [1.807, 2.05) is 0 Å². The summed E-state index contributed by atoms with van der Waals surface area (Å²) >= 11 is 0. The number of carbonyl (C=O) groups excluding carboxylic acids is 1. The second-order valence-corrected chi connectivity index (χ2v) is 5.11. The van der Waals surface area contributed by atoms with Crippen LogP contribution < -0.4 is 5.32 Å². The molecule has 0 unspecified atom stereocenters. The predicted octanol–water partition coefficient (Wildman–Crippen LogP) is 3.15. The zero-order chi connectivity index (χ0) is 17.1. The number of ether oxygens (including phenoxy) is 1. The second-order valence-electron chi connectivity index (χ2n) is 5.11. The van der Waals surface area contributed by atoms with Crippen molar-refractivity contribution in [3.05, 3.63) is 60.3 Å². The molecule has 2 heterocycles. The maximum atomic E-state index is 13.5. The topological polar surface area (TPSA) is 69.0 Å². The quantitative estimate of drug-likeness (QED) is 0.746. The first-order valence-corrected chi connectivity index (χ1v) is 7.17. The SMILES string of the molecule is COC(=O)c1ccncc1Nc1nn(C)cc1-c1cccc(F)c1. The molecule has 0 atom stereocenters. The van der Waals surface area contributed by atoms with Crippen molar-refractivity contribution in [2.45, 2.75) is 0 Å². The number of hydrogen-bond donors (Lipinski definition) is 1. The fourth-order valence-electron chi connectivity index (χ4n) is 2.36. The molecule has 0 aliphatic heterocycles. The standard InChI is InChI=1S/C17H15FN4O2/c1-22-10-14(11-4-3-5-12(18)8-11)16(21-22)20-15-9-19-7-6-13(15)17(23)24-2/h3-10H,1-2H3,(H,20,21). The third kappa shape index (κ3) is 3.10. The summed E-state index contributed by atoms with van der Waals surface area (Å²) in [6.07, 6.45) is 4.78. The van der Waals surface area contributed by atoms with Crippen LogP contribution in [0.1, 0.15) is 10.4 Å². The number of esters is 1. The van der Waals surface area contributed by atoms with E-state index in [0.717, 1.165) is 0 Å². The number of methoxy groups -OCH3 is 1. The summed E-state index contributed by atoms with van der Waals surface area (Å²) in [4.78, 5) is 15.9. The molecule has 0 aliphatic carbocycles. The third-order valence-electron chi connectivity index (χ3n) is 3.44. The van der Waals surface area contributed by atoms with Crippen LogP contribution in [0.5, 0.6) is 0 Å². The lowest BCUT2D eigenvalue weighted by Gasteiger charge is -2.09. The number of anilines is 2. The number of rotatable bonds is 4. The van der Waals surface area contributed by atoms with Gasteiger partial charge in [0.2, 0.25) is 0 Å². The number of halogens is 1. The van der Waals surface area contributed by atoms with Crippen LogP contribution in [-0.4, -0.2) is 27.8 Å². The monoisotopic (exact) mass is 326 g/mol. The third-order valence-corrected chi connectivity index (χ3v) is 3.44. The molecule has 0 amide bonds. The van der Waals surface area contributed by atoms with Gasteiger partial charge in [-0.05, 0) is 23.8 Å². The van der Waals surface area contributed by atoms with Crippen molar-refractivity contribution >= 4 is 17.5 Å². The van der Waals surface area contributed by atoms with Gasteiger partial charge in [0.1, 0.15) is 5.82 Å². The number of nitrogens with zero attached hydrogens (tertiary/aromatic N) is 3. The van der Waals surface area contributed by atoms with Crippen LogP contribution >= 0.6 is 0 Å². The van der Waals surface area contributed by atoms with E-state index in [9.17, 15) is 9.18 Å². The van der Waals surface area contributed by atoms with E-state index in [2.05, 4.69) is 15.4 Å². The molecule has 0 fully saturated rings. The van der Waals surface area contributed by atoms with Gasteiger partial charge in [0.15, 0.2) is 5.82 Å². The van der Waals surface area contributed by atoms with E-state index in [-0.39, 0.29) is 5.82 Å². The molecule has 0 saturated carbocycles. The van der Waals surface area contributed by atoms with Gasteiger partial charge in [0.05, 0.1) is 24.6 Å². The summed E-state index contributed by atoms with van der Waals surface area (Å²) in [6.45, 7) is 0. The summed E-state index contributed by atoms with van der Waals surface area (Å²) in [5, 5.41) is 7.42. The average molecular weight is 326 g/mol. The number of aromatic nitrogens is 3. The predicted molar refractivity (Wildman–Crippen MR) is 87.5 cm³/mol. The Morgan fingerprint density at radius 3 is 2.92 bits per heavy atom. The van der Waals surface area contributed by atoms with Crippen molar-refractivity contribution in [3.8, 4) is 11.1 Å².